The Hall–Kier alpha value is -2.88. The van der Waals surface area contributed by atoms with E-state index in [1.165, 1.54) is 24.3 Å². The summed E-state index contributed by atoms with van der Waals surface area (Å²) in [6, 6.07) is 13.0. The van der Waals surface area contributed by atoms with Gasteiger partial charge in [0.1, 0.15) is 5.75 Å². The van der Waals surface area contributed by atoms with Gasteiger partial charge in [0.05, 0.1) is 36.1 Å². The molecule has 150 valence electrons. The zero-order valence-corrected chi connectivity index (χ0v) is 15.5. The zero-order valence-electron chi connectivity index (χ0n) is 15.5. The SMILES string of the molecule is O=[N+]([O-])c1ccc(N=Nc2ccc(OCCCN(CCO)CCO)cc2)cc1. The van der Waals surface area contributed by atoms with Crippen molar-refractivity contribution in [3.05, 3.63) is 58.6 Å². The Morgan fingerprint density at radius 3 is 1.93 bits per heavy atom. The van der Waals surface area contributed by atoms with Gasteiger partial charge in [0.2, 0.25) is 0 Å². The van der Waals surface area contributed by atoms with E-state index in [1.807, 2.05) is 4.90 Å². The van der Waals surface area contributed by atoms with Gasteiger partial charge in [-0.1, -0.05) is 0 Å². The Bertz CT molecular complexity index is 744. The van der Waals surface area contributed by atoms with E-state index in [2.05, 4.69) is 10.2 Å². The molecule has 0 fully saturated rings. The first kappa shape index (κ1) is 21.4. The van der Waals surface area contributed by atoms with Crippen molar-refractivity contribution in [3.8, 4) is 5.75 Å². The summed E-state index contributed by atoms with van der Waals surface area (Å²) in [7, 11) is 0. The molecule has 2 aromatic rings. The van der Waals surface area contributed by atoms with Crippen molar-refractivity contribution in [3.63, 3.8) is 0 Å². The lowest BCUT2D eigenvalue weighted by atomic mass is 10.3. The van der Waals surface area contributed by atoms with Crippen molar-refractivity contribution in [2.24, 2.45) is 10.2 Å². The van der Waals surface area contributed by atoms with E-state index in [1.54, 1.807) is 24.3 Å². The van der Waals surface area contributed by atoms with Crippen molar-refractivity contribution in [2.45, 2.75) is 6.42 Å². The summed E-state index contributed by atoms with van der Waals surface area (Å²) in [6.45, 7) is 2.47. The number of rotatable bonds is 12. The number of ether oxygens (including phenoxy) is 1. The molecular weight excluding hydrogens is 364 g/mol. The molecule has 0 aromatic heterocycles. The number of benzene rings is 2. The normalized spacial score (nSPS) is 11.2. The first-order chi connectivity index (χ1) is 13.6. The first-order valence-electron chi connectivity index (χ1n) is 8.95. The third kappa shape index (κ3) is 7.39. The molecule has 2 aromatic carbocycles. The first-order valence-corrected chi connectivity index (χ1v) is 8.95. The summed E-state index contributed by atoms with van der Waals surface area (Å²) in [5.41, 5.74) is 1.18. The molecule has 2 rings (SSSR count). The van der Waals surface area contributed by atoms with Crippen molar-refractivity contribution < 1.29 is 19.9 Å². The number of hydrogen-bond donors (Lipinski definition) is 2. The molecule has 0 bridgehead atoms. The summed E-state index contributed by atoms with van der Waals surface area (Å²) in [4.78, 5) is 12.1. The summed E-state index contributed by atoms with van der Waals surface area (Å²) < 4.78 is 5.68. The minimum Gasteiger partial charge on any atom is -0.494 e. The fourth-order valence-corrected chi connectivity index (χ4v) is 2.46. The average molecular weight is 388 g/mol. The number of nitro groups is 1. The molecule has 9 nitrogen and oxygen atoms in total. The highest BCUT2D eigenvalue weighted by atomic mass is 16.6. The Morgan fingerprint density at radius 1 is 0.893 bits per heavy atom. The molecule has 0 spiro atoms. The number of nitro benzene ring substituents is 1. The van der Waals surface area contributed by atoms with Gasteiger partial charge in [-0.2, -0.15) is 10.2 Å². The van der Waals surface area contributed by atoms with Crippen LogP contribution in [0, 0.1) is 10.1 Å². The fraction of sp³-hybridized carbons (Fsp3) is 0.368. The summed E-state index contributed by atoms with van der Waals surface area (Å²) in [5, 5.41) is 36.7. The van der Waals surface area contributed by atoms with Crippen LogP contribution in [0.25, 0.3) is 0 Å². The van der Waals surface area contributed by atoms with E-state index in [0.29, 0.717) is 36.8 Å². The van der Waals surface area contributed by atoms with Gasteiger partial charge in [-0.15, -0.1) is 0 Å². The standard InChI is InChI=1S/C19H24N4O5/c24-13-11-22(12-14-25)10-1-15-28-19-8-4-17(5-9-19)21-20-16-2-6-18(7-3-16)23(26)27/h2-9,24-25H,1,10-15H2. The molecule has 0 unspecified atom stereocenters. The summed E-state index contributed by atoms with van der Waals surface area (Å²) in [5.74, 6) is 0.713. The van der Waals surface area contributed by atoms with E-state index in [0.717, 1.165) is 13.0 Å². The second-order valence-electron chi connectivity index (χ2n) is 5.96. The van der Waals surface area contributed by atoms with Crippen LogP contribution in [0.1, 0.15) is 6.42 Å². The highest BCUT2D eigenvalue weighted by Gasteiger charge is 2.04. The molecule has 0 saturated heterocycles. The minimum atomic E-state index is -0.462. The van der Waals surface area contributed by atoms with Crippen LogP contribution < -0.4 is 4.74 Å². The highest BCUT2D eigenvalue weighted by Crippen LogP contribution is 2.23. The molecule has 2 N–H and O–H groups in total. The number of azo groups is 1. The molecule has 0 aliphatic carbocycles. The Kier molecular flexibility index (Phi) is 8.99. The van der Waals surface area contributed by atoms with Gasteiger partial charge in [-0.05, 0) is 42.8 Å². The lowest BCUT2D eigenvalue weighted by Gasteiger charge is -2.19. The molecule has 0 radical (unpaired) electrons. The molecule has 0 aliphatic heterocycles. The Morgan fingerprint density at radius 2 is 1.43 bits per heavy atom. The zero-order chi connectivity index (χ0) is 20.2. The van der Waals surface area contributed by atoms with Crippen LogP contribution in [0.5, 0.6) is 5.75 Å². The maximum Gasteiger partial charge on any atom is 0.269 e. The molecule has 0 saturated carbocycles. The van der Waals surface area contributed by atoms with E-state index < -0.39 is 4.92 Å². The predicted molar refractivity (Wildman–Crippen MR) is 104 cm³/mol. The van der Waals surface area contributed by atoms with Crippen LogP contribution >= 0.6 is 0 Å². The maximum absolute atomic E-state index is 10.6. The summed E-state index contributed by atoms with van der Waals surface area (Å²) >= 11 is 0. The molecule has 9 heteroatoms. The molecule has 0 amide bonds. The minimum absolute atomic E-state index is 0.0105. The second kappa shape index (κ2) is 11.8. The van der Waals surface area contributed by atoms with Crippen molar-refractivity contribution >= 4 is 17.1 Å². The van der Waals surface area contributed by atoms with Gasteiger partial charge in [0.15, 0.2) is 0 Å². The van der Waals surface area contributed by atoms with Crippen molar-refractivity contribution in [1.29, 1.82) is 0 Å². The number of aliphatic hydroxyl groups excluding tert-OH is 2. The molecule has 28 heavy (non-hydrogen) atoms. The number of nitrogens with zero attached hydrogens (tertiary/aromatic N) is 4. The monoisotopic (exact) mass is 388 g/mol. The fourth-order valence-electron chi connectivity index (χ4n) is 2.46. The maximum atomic E-state index is 10.6. The van der Waals surface area contributed by atoms with Gasteiger partial charge in [-0.3, -0.25) is 15.0 Å². The predicted octanol–water partition coefficient (Wildman–Crippen LogP) is 3.07. The lowest BCUT2D eigenvalue weighted by molar-refractivity contribution is -0.384. The Labute approximate surface area is 163 Å². The van der Waals surface area contributed by atoms with Crippen LogP contribution in [-0.2, 0) is 0 Å². The topological polar surface area (TPSA) is 121 Å². The number of non-ortho nitro benzene ring substituents is 1. The summed E-state index contributed by atoms with van der Waals surface area (Å²) in [6.07, 6.45) is 0.779. The molecular formula is C19H24N4O5. The van der Waals surface area contributed by atoms with Crippen LogP contribution in [-0.4, -0.2) is 59.5 Å². The quantitative estimate of drug-likeness (QED) is 0.249. The highest BCUT2D eigenvalue weighted by molar-refractivity contribution is 5.45. The van der Waals surface area contributed by atoms with Crippen LogP contribution in [0.3, 0.4) is 0 Å². The van der Waals surface area contributed by atoms with Gasteiger partial charge in [0, 0.05) is 31.8 Å². The number of aliphatic hydroxyl groups is 2. The van der Waals surface area contributed by atoms with Crippen LogP contribution in [0.4, 0.5) is 17.1 Å². The lowest BCUT2D eigenvalue weighted by Crippen LogP contribution is -2.31. The third-order valence-corrected chi connectivity index (χ3v) is 3.90. The smallest absolute Gasteiger partial charge is 0.269 e. The van der Waals surface area contributed by atoms with Crippen molar-refractivity contribution in [2.75, 3.05) is 39.5 Å². The molecule has 0 atom stereocenters. The second-order valence-corrected chi connectivity index (χ2v) is 5.96. The molecule has 0 aliphatic rings. The van der Waals surface area contributed by atoms with Gasteiger partial charge < -0.3 is 14.9 Å². The van der Waals surface area contributed by atoms with Gasteiger partial charge in [0.25, 0.3) is 5.69 Å². The largest absolute Gasteiger partial charge is 0.494 e. The number of hydrogen-bond acceptors (Lipinski definition) is 8. The van der Waals surface area contributed by atoms with E-state index >= 15 is 0 Å². The Balaban J connectivity index is 1.78. The van der Waals surface area contributed by atoms with E-state index in [-0.39, 0.29) is 18.9 Å². The van der Waals surface area contributed by atoms with E-state index in [4.69, 9.17) is 14.9 Å². The van der Waals surface area contributed by atoms with Crippen LogP contribution in [0.15, 0.2) is 58.8 Å². The molecule has 0 heterocycles. The van der Waals surface area contributed by atoms with E-state index in [9.17, 15) is 10.1 Å². The third-order valence-electron chi connectivity index (χ3n) is 3.90. The average Bonchev–Trinajstić information content (AvgIpc) is 2.71. The van der Waals surface area contributed by atoms with Crippen molar-refractivity contribution in [1.82, 2.24) is 4.90 Å². The van der Waals surface area contributed by atoms with Gasteiger partial charge in [-0.25, -0.2) is 0 Å². The van der Waals surface area contributed by atoms with Crippen LogP contribution in [0.2, 0.25) is 0 Å². The van der Waals surface area contributed by atoms with Gasteiger partial charge >= 0.3 is 0 Å².